The normalized spacial score (nSPS) is 25.5. The number of amides is 1. The number of carbonyl (C=O) groups is 1. The first-order valence-electron chi connectivity index (χ1n) is 8.09. The lowest BCUT2D eigenvalue weighted by Crippen LogP contribution is -2.44. The first-order valence-corrected chi connectivity index (χ1v) is 8.85. The Kier molecular flexibility index (Phi) is 5.27. The molecule has 2 aliphatic rings. The van der Waals surface area contributed by atoms with Gasteiger partial charge in [0.2, 0.25) is 5.91 Å². The molecule has 1 aromatic carbocycles. The summed E-state index contributed by atoms with van der Waals surface area (Å²) < 4.78 is 0. The number of para-hydroxylation sites is 1. The fraction of sp³-hybridized carbons (Fsp3) is 0.588. The Hall–Kier alpha value is -0.770. The number of piperidine rings is 1. The highest BCUT2D eigenvalue weighted by Gasteiger charge is 2.31. The average Bonchev–Trinajstić information content (AvgIpc) is 2.51. The molecule has 2 unspecified atom stereocenters. The van der Waals surface area contributed by atoms with Crippen molar-refractivity contribution < 1.29 is 4.79 Å². The van der Waals surface area contributed by atoms with Gasteiger partial charge in [-0.05, 0) is 43.4 Å². The van der Waals surface area contributed by atoms with Crippen molar-refractivity contribution in [2.24, 2.45) is 11.8 Å². The predicted molar refractivity (Wildman–Crippen MR) is 91.6 cm³/mol. The highest BCUT2D eigenvalue weighted by molar-refractivity contribution is 6.39. The summed E-state index contributed by atoms with van der Waals surface area (Å²) in [6, 6.07) is 5.24. The van der Waals surface area contributed by atoms with Crippen molar-refractivity contribution in [3.05, 3.63) is 28.2 Å². The minimum absolute atomic E-state index is 0.0377. The molecule has 1 aromatic rings. The SMILES string of the molecule is O=C(CN1CCC2CCCCC2C1)Nc1c(Cl)cccc1Cl. The molecule has 1 N–H and O–H groups in total. The van der Waals surface area contributed by atoms with Gasteiger partial charge in [-0.15, -0.1) is 0 Å². The maximum Gasteiger partial charge on any atom is 0.238 e. The lowest BCUT2D eigenvalue weighted by atomic mass is 9.75. The fourth-order valence-corrected chi connectivity index (χ4v) is 4.31. The summed E-state index contributed by atoms with van der Waals surface area (Å²) in [4.78, 5) is 14.5. The number of nitrogens with one attached hydrogen (secondary N) is 1. The van der Waals surface area contributed by atoms with Gasteiger partial charge in [-0.3, -0.25) is 9.69 Å². The number of anilines is 1. The van der Waals surface area contributed by atoms with E-state index >= 15 is 0 Å². The number of nitrogens with zero attached hydrogens (tertiary/aromatic N) is 1. The van der Waals surface area contributed by atoms with Crippen LogP contribution in [0.3, 0.4) is 0 Å². The average molecular weight is 341 g/mol. The van der Waals surface area contributed by atoms with E-state index in [1.807, 2.05) is 0 Å². The second-order valence-corrected chi connectivity index (χ2v) is 7.29. The van der Waals surface area contributed by atoms with E-state index in [2.05, 4.69) is 10.2 Å². The van der Waals surface area contributed by atoms with E-state index in [0.717, 1.165) is 24.9 Å². The van der Waals surface area contributed by atoms with Crippen molar-refractivity contribution >= 4 is 34.8 Å². The number of likely N-dealkylation sites (tertiary alicyclic amines) is 1. The number of halogens is 2. The van der Waals surface area contributed by atoms with Gasteiger partial charge in [0, 0.05) is 6.54 Å². The van der Waals surface area contributed by atoms with Crippen LogP contribution in [0, 0.1) is 11.8 Å². The van der Waals surface area contributed by atoms with Crippen LogP contribution in [0.15, 0.2) is 18.2 Å². The van der Waals surface area contributed by atoms with Crippen LogP contribution in [-0.4, -0.2) is 30.4 Å². The minimum atomic E-state index is -0.0377. The molecule has 0 aromatic heterocycles. The minimum Gasteiger partial charge on any atom is -0.322 e. The van der Waals surface area contributed by atoms with Gasteiger partial charge in [0.05, 0.1) is 22.3 Å². The molecule has 1 amide bonds. The molecule has 2 atom stereocenters. The lowest BCUT2D eigenvalue weighted by Gasteiger charge is -2.41. The highest BCUT2D eigenvalue weighted by atomic mass is 35.5. The Morgan fingerprint density at radius 2 is 1.82 bits per heavy atom. The summed E-state index contributed by atoms with van der Waals surface area (Å²) in [6.45, 7) is 2.49. The molecular formula is C17H22Cl2N2O. The number of hydrogen-bond donors (Lipinski definition) is 1. The largest absolute Gasteiger partial charge is 0.322 e. The summed E-state index contributed by atoms with van der Waals surface area (Å²) in [5, 5.41) is 3.81. The van der Waals surface area contributed by atoms with Gasteiger partial charge in [0.15, 0.2) is 0 Å². The van der Waals surface area contributed by atoms with E-state index in [1.165, 1.54) is 32.1 Å². The van der Waals surface area contributed by atoms with Crippen LogP contribution in [0.25, 0.3) is 0 Å². The van der Waals surface area contributed by atoms with Crippen LogP contribution in [0.2, 0.25) is 10.0 Å². The lowest BCUT2D eigenvalue weighted by molar-refractivity contribution is -0.118. The third-order valence-corrected chi connectivity index (χ3v) is 5.60. The van der Waals surface area contributed by atoms with Crippen LogP contribution in [0.1, 0.15) is 32.1 Å². The van der Waals surface area contributed by atoms with E-state index in [4.69, 9.17) is 23.2 Å². The highest BCUT2D eigenvalue weighted by Crippen LogP contribution is 2.36. The summed E-state index contributed by atoms with van der Waals surface area (Å²) in [5.74, 6) is 1.62. The molecule has 3 nitrogen and oxygen atoms in total. The monoisotopic (exact) mass is 340 g/mol. The molecule has 5 heteroatoms. The van der Waals surface area contributed by atoms with E-state index in [0.29, 0.717) is 22.3 Å². The van der Waals surface area contributed by atoms with Crippen LogP contribution >= 0.6 is 23.2 Å². The molecule has 3 rings (SSSR count). The molecule has 1 saturated heterocycles. The van der Waals surface area contributed by atoms with Crippen LogP contribution < -0.4 is 5.32 Å². The molecule has 1 saturated carbocycles. The molecule has 120 valence electrons. The number of fused-ring (bicyclic) bond motifs is 1. The molecule has 22 heavy (non-hydrogen) atoms. The van der Waals surface area contributed by atoms with Crippen LogP contribution in [0.4, 0.5) is 5.69 Å². The van der Waals surface area contributed by atoms with Crippen LogP contribution in [0.5, 0.6) is 0 Å². The van der Waals surface area contributed by atoms with Crippen molar-refractivity contribution in [2.45, 2.75) is 32.1 Å². The molecular weight excluding hydrogens is 319 g/mol. The molecule has 0 bridgehead atoms. The van der Waals surface area contributed by atoms with E-state index in [9.17, 15) is 4.79 Å². The maximum absolute atomic E-state index is 12.3. The number of hydrogen-bond acceptors (Lipinski definition) is 2. The summed E-state index contributed by atoms with van der Waals surface area (Å²) in [7, 11) is 0. The Morgan fingerprint density at radius 1 is 1.14 bits per heavy atom. The van der Waals surface area contributed by atoms with Gasteiger partial charge >= 0.3 is 0 Å². The molecule has 1 aliphatic heterocycles. The third-order valence-electron chi connectivity index (χ3n) is 4.97. The Bertz CT molecular complexity index is 529. The summed E-state index contributed by atoms with van der Waals surface area (Å²) in [6.07, 6.45) is 6.65. The van der Waals surface area contributed by atoms with Gasteiger partial charge in [-0.2, -0.15) is 0 Å². The first kappa shape index (κ1) is 16.1. The smallest absolute Gasteiger partial charge is 0.238 e. The Morgan fingerprint density at radius 3 is 2.55 bits per heavy atom. The van der Waals surface area contributed by atoms with Gasteiger partial charge < -0.3 is 5.32 Å². The fourth-order valence-electron chi connectivity index (χ4n) is 3.82. The van der Waals surface area contributed by atoms with Gasteiger partial charge in [-0.25, -0.2) is 0 Å². The van der Waals surface area contributed by atoms with Crippen molar-refractivity contribution in [3.8, 4) is 0 Å². The molecule has 2 fully saturated rings. The van der Waals surface area contributed by atoms with Crippen molar-refractivity contribution in [1.29, 1.82) is 0 Å². The zero-order valence-electron chi connectivity index (χ0n) is 12.7. The molecule has 0 spiro atoms. The number of rotatable bonds is 3. The van der Waals surface area contributed by atoms with E-state index in [1.54, 1.807) is 18.2 Å². The topological polar surface area (TPSA) is 32.3 Å². The summed E-state index contributed by atoms with van der Waals surface area (Å²) in [5.41, 5.74) is 0.517. The zero-order valence-corrected chi connectivity index (χ0v) is 14.2. The Labute approximate surface area is 142 Å². The molecule has 1 aliphatic carbocycles. The zero-order chi connectivity index (χ0) is 15.5. The van der Waals surface area contributed by atoms with Crippen molar-refractivity contribution in [1.82, 2.24) is 4.90 Å². The summed E-state index contributed by atoms with van der Waals surface area (Å²) >= 11 is 12.2. The van der Waals surface area contributed by atoms with Gasteiger partial charge in [0.25, 0.3) is 0 Å². The van der Waals surface area contributed by atoms with Crippen molar-refractivity contribution in [3.63, 3.8) is 0 Å². The molecule has 0 radical (unpaired) electrons. The standard InChI is InChI=1S/C17H22Cl2N2O/c18-14-6-3-7-15(19)17(14)20-16(22)11-21-9-8-12-4-1-2-5-13(12)10-21/h3,6-7,12-13H,1-2,4-5,8-11H2,(H,20,22). The van der Waals surface area contributed by atoms with Gasteiger partial charge in [0.1, 0.15) is 0 Å². The third kappa shape index (κ3) is 3.76. The second-order valence-electron chi connectivity index (χ2n) is 6.47. The van der Waals surface area contributed by atoms with Crippen LogP contribution in [-0.2, 0) is 4.79 Å². The van der Waals surface area contributed by atoms with E-state index in [-0.39, 0.29) is 5.91 Å². The van der Waals surface area contributed by atoms with Gasteiger partial charge in [-0.1, -0.05) is 48.5 Å². The van der Waals surface area contributed by atoms with Crippen molar-refractivity contribution in [2.75, 3.05) is 25.0 Å². The number of carbonyl (C=O) groups excluding carboxylic acids is 1. The maximum atomic E-state index is 12.3. The molecule has 1 heterocycles. The Balaban J connectivity index is 1.56. The second kappa shape index (κ2) is 7.20. The van der Waals surface area contributed by atoms with E-state index < -0.39 is 0 Å². The predicted octanol–water partition coefficient (Wildman–Crippen LogP) is 4.44. The quantitative estimate of drug-likeness (QED) is 0.881. The first-order chi connectivity index (χ1) is 10.6. The number of benzene rings is 1.